The zero-order valence-electron chi connectivity index (χ0n) is 11.4. The van der Waals surface area contributed by atoms with Crippen molar-refractivity contribution in [2.24, 2.45) is 0 Å². The quantitative estimate of drug-likeness (QED) is 0.870. The molecule has 0 aliphatic heterocycles. The smallest absolute Gasteiger partial charge is 0.243 e. The maximum absolute atomic E-state index is 12.4. The van der Waals surface area contributed by atoms with E-state index in [2.05, 4.69) is 5.16 Å². The predicted molar refractivity (Wildman–Crippen MR) is 76.1 cm³/mol. The first-order valence-corrected chi connectivity index (χ1v) is 7.78. The second-order valence-electron chi connectivity index (χ2n) is 4.52. The Labute approximate surface area is 123 Å². The van der Waals surface area contributed by atoms with Gasteiger partial charge in [0.2, 0.25) is 10.0 Å². The minimum atomic E-state index is -3.59. The fourth-order valence-corrected chi connectivity index (χ4v) is 3.28. The highest BCUT2D eigenvalue weighted by Crippen LogP contribution is 2.22. The molecular formula is C13H15ClN2O3S. The van der Waals surface area contributed by atoms with E-state index in [0.29, 0.717) is 16.5 Å². The van der Waals surface area contributed by atoms with Crippen LogP contribution in [0.15, 0.2) is 33.7 Å². The summed E-state index contributed by atoms with van der Waals surface area (Å²) in [4.78, 5) is 0.166. The van der Waals surface area contributed by atoms with E-state index in [-0.39, 0.29) is 11.4 Å². The van der Waals surface area contributed by atoms with Crippen molar-refractivity contribution in [3.8, 4) is 0 Å². The molecule has 0 N–H and O–H groups in total. The van der Waals surface area contributed by atoms with Crippen molar-refractivity contribution >= 4 is 21.6 Å². The molecule has 1 aromatic heterocycles. The number of halogens is 1. The van der Waals surface area contributed by atoms with Crippen molar-refractivity contribution < 1.29 is 12.9 Å². The second-order valence-corrected chi connectivity index (χ2v) is 7.00. The molecule has 0 fully saturated rings. The maximum atomic E-state index is 12.4. The van der Waals surface area contributed by atoms with Crippen LogP contribution < -0.4 is 0 Å². The SMILES string of the molecule is Cc1noc(C)c1CN(C)S(=O)(=O)c1cccc(Cl)c1. The molecular weight excluding hydrogens is 300 g/mol. The fraction of sp³-hybridized carbons (Fsp3) is 0.308. The topological polar surface area (TPSA) is 63.4 Å². The van der Waals surface area contributed by atoms with Gasteiger partial charge in [0.05, 0.1) is 10.6 Å². The summed E-state index contributed by atoms with van der Waals surface area (Å²) >= 11 is 5.84. The highest BCUT2D eigenvalue weighted by molar-refractivity contribution is 7.89. The third-order valence-electron chi connectivity index (χ3n) is 3.07. The van der Waals surface area contributed by atoms with E-state index >= 15 is 0 Å². The van der Waals surface area contributed by atoms with Gasteiger partial charge in [-0.25, -0.2) is 8.42 Å². The molecule has 0 unspecified atom stereocenters. The number of aromatic nitrogens is 1. The monoisotopic (exact) mass is 314 g/mol. The molecule has 0 amide bonds. The summed E-state index contributed by atoms with van der Waals surface area (Å²) in [5, 5.41) is 4.21. The van der Waals surface area contributed by atoms with Crippen LogP contribution in [0.4, 0.5) is 0 Å². The van der Waals surface area contributed by atoms with Gasteiger partial charge in [-0.15, -0.1) is 0 Å². The molecule has 0 radical (unpaired) electrons. The Morgan fingerprint density at radius 2 is 2.05 bits per heavy atom. The normalized spacial score (nSPS) is 12.1. The first-order valence-electron chi connectivity index (χ1n) is 5.96. The van der Waals surface area contributed by atoms with Crippen LogP contribution in [0, 0.1) is 13.8 Å². The first kappa shape index (κ1) is 15.0. The molecule has 2 aromatic rings. The number of hydrogen-bond acceptors (Lipinski definition) is 4. The Morgan fingerprint density at radius 1 is 1.35 bits per heavy atom. The summed E-state index contributed by atoms with van der Waals surface area (Å²) in [5.74, 6) is 0.621. The van der Waals surface area contributed by atoms with Gasteiger partial charge in [-0.2, -0.15) is 4.31 Å². The van der Waals surface area contributed by atoms with Crippen molar-refractivity contribution in [2.75, 3.05) is 7.05 Å². The van der Waals surface area contributed by atoms with Crippen molar-refractivity contribution in [3.63, 3.8) is 0 Å². The number of aryl methyl sites for hydroxylation is 2. The predicted octanol–water partition coefficient (Wildman–Crippen LogP) is 2.77. The van der Waals surface area contributed by atoms with E-state index in [1.54, 1.807) is 26.0 Å². The minimum Gasteiger partial charge on any atom is -0.361 e. The van der Waals surface area contributed by atoms with Crippen LogP contribution in [0.25, 0.3) is 0 Å². The summed E-state index contributed by atoms with van der Waals surface area (Å²) in [6.45, 7) is 3.75. The van der Waals surface area contributed by atoms with E-state index in [4.69, 9.17) is 16.1 Å². The molecule has 0 aliphatic rings. The molecule has 1 heterocycles. The molecule has 0 saturated heterocycles. The lowest BCUT2D eigenvalue weighted by Gasteiger charge is -2.17. The van der Waals surface area contributed by atoms with Crippen molar-refractivity contribution in [1.29, 1.82) is 0 Å². The number of sulfonamides is 1. The molecule has 2 rings (SSSR count). The van der Waals surface area contributed by atoms with Crippen LogP contribution in [0.1, 0.15) is 17.0 Å². The highest BCUT2D eigenvalue weighted by Gasteiger charge is 2.23. The molecule has 0 saturated carbocycles. The average molecular weight is 315 g/mol. The lowest BCUT2D eigenvalue weighted by atomic mass is 10.2. The molecule has 7 heteroatoms. The van der Waals surface area contributed by atoms with Gasteiger partial charge in [-0.05, 0) is 32.0 Å². The van der Waals surface area contributed by atoms with E-state index in [1.807, 2.05) is 0 Å². The Balaban J connectivity index is 2.31. The van der Waals surface area contributed by atoms with Crippen LogP contribution in [0.5, 0.6) is 0 Å². The minimum absolute atomic E-state index is 0.166. The Kier molecular flexibility index (Phi) is 4.17. The van der Waals surface area contributed by atoms with Gasteiger partial charge in [-0.3, -0.25) is 0 Å². The summed E-state index contributed by atoms with van der Waals surface area (Å²) in [6.07, 6.45) is 0. The summed E-state index contributed by atoms with van der Waals surface area (Å²) in [7, 11) is -2.08. The Morgan fingerprint density at radius 3 is 2.60 bits per heavy atom. The van der Waals surface area contributed by atoms with Crippen LogP contribution in [0.3, 0.4) is 0 Å². The van der Waals surface area contributed by atoms with Gasteiger partial charge in [0, 0.05) is 24.2 Å². The molecule has 20 heavy (non-hydrogen) atoms. The van der Waals surface area contributed by atoms with Crippen molar-refractivity contribution in [1.82, 2.24) is 9.46 Å². The van der Waals surface area contributed by atoms with Gasteiger partial charge in [0.1, 0.15) is 5.76 Å². The van der Waals surface area contributed by atoms with E-state index in [9.17, 15) is 8.42 Å². The number of benzene rings is 1. The van der Waals surface area contributed by atoms with E-state index < -0.39 is 10.0 Å². The number of nitrogens with zero attached hydrogens (tertiary/aromatic N) is 2. The second kappa shape index (κ2) is 5.55. The van der Waals surface area contributed by atoms with Crippen LogP contribution in [-0.4, -0.2) is 24.9 Å². The standard InChI is InChI=1S/C13H15ClN2O3S/c1-9-13(10(2)19-15-9)8-16(3)20(17,18)12-6-4-5-11(14)7-12/h4-7H,8H2,1-3H3. The third kappa shape index (κ3) is 2.87. The van der Waals surface area contributed by atoms with Crippen LogP contribution >= 0.6 is 11.6 Å². The molecule has 0 bridgehead atoms. The van der Waals surface area contributed by atoms with Gasteiger partial charge < -0.3 is 4.52 Å². The Hall–Kier alpha value is -1.37. The van der Waals surface area contributed by atoms with Crippen LogP contribution in [-0.2, 0) is 16.6 Å². The van der Waals surface area contributed by atoms with Gasteiger partial charge in [0.25, 0.3) is 0 Å². The average Bonchev–Trinajstić information content (AvgIpc) is 2.70. The maximum Gasteiger partial charge on any atom is 0.243 e. The molecule has 0 atom stereocenters. The van der Waals surface area contributed by atoms with Gasteiger partial charge >= 0.3 is 0 Å². The summed E-state index contributed by atoms with van der Waals surface area (Å²) in [5.41, 5.74) is 1.47. The molecule has 0 aliphatic carbocycles. The zero-order chi connectivity index (χ0) is 14.9. The fourth-order valence-electron chi connectivity index (χ4n) is 1.84. The molecule has 0 spiro atoms. The van der Waals surface area contributed by atoms with E-state index in [0.717, 1.165) is 5.56 Å². The third-order valence-corrected chi connectivity index (χ3v) is 5.10. The highest BCUT2D eigenvalue weighted by atomic mass is 35.5. The van der Waals surface area contributed by atoms with Crippen molar-refractivity contribution in [3.05, 3.63) is 46.3 Å². The first-order chi connectivity index (χ1) is 9.32. The largest absolute Gasteiger partial charge is 0.361 e. The van der Waals surface area contributed by atoms with Gasteiger partial charge in [-0.1, -0.05) is 22.8 Å². The number of rotatable bonds is 4. The molecule has 1 aromatic carbocycles. The summed E-state index contributed by atoms with van der Waals surface area (Å²) in [6, 6.07) is 6.19. The van der Waals surface area contributed by atoms with Gasteiger partial charge in [0.15, 0.2) is 0 Å². The van der Waals surface area contributed by atoms with E-state index in [1.165, 1.54) is 23.5 Å². The summed E-state index contributed by atoms with van der Waals surface area (Å²) < 4.78 is 31.2. The Bertz CT molecular complexity index is 705. The lowest BCUT2D eigenvalue weighted by molar-refractivity contribution is 0.390. The molecule has 5 nitrogen and oxygen atoms in total. The number of hydrogen-bond donors (Lipinski definition) is 0. The van der Waals surface area contributed by atoms with Crippen molar-refractivity contribution in [2.45, 2.75) is 25.3 Å². The lowest BCUT2D eigenvalue weighted by Crippen LogP contribution is -2.26. The van der Waals surface area contributed by atoms with Crippen LogP contribution in [0.2, 0.25) is 5.02 Å². The molecule has 108 valence electrons. The zero-order valence-corrected chi connectivity index (χ0v) is 13.0.